The number of nitro groups is 1. The van der Waals surface area contributed by atoms with Crippen LogP contribution in [-0.2, 0) is 0 Å². The summed E-state index contributed by atoms with van der Waals surface area (Å²) >= 11 is 0. The van der Waals surface area contributed by atoms with Crippen LogP contribution in [0.2, 0.25) is 0 Å². The molecule has 0 aromatic heterocycles. The lowest BCUT2D eigenvalue weighted by molar-refractivity contribution is -0.384. The van der Waals surface area contributed by atoms with E-state index in [2.05, 4.69) is 22.7 Å². The molecule has 1 unspecified atom stereocenters. The molecule has 2 rings (SSSR count). The number of carbonyl (C=O) groups is 1. The predicted molar refractivity (Wildman–Crippen MR) is 75.5 cm³/mol. The van der Waals surface area contributed by atoms with E-state index >= 15 is 0 Å². The fourth-order valence-electron chi connectivity index (χ4n) is 1.95. The van der Waals surface area contributed by atoms with E-state index in [4.69, 9.17) is 0 Å². The highest BCUT2D eigenvalue weighted by molar-refractivity contribution is 5.94. The molecule has 0 spiro atoms. The molecule has 1 aromatic carbocycles. The zero-order valence-electron chi connectivity index (χ0n) is 10.9. The highest BCUT2D eigenvalue weighted by Gasteiger charge is 2.09. The summed E-state index contributed by atoms with van der Waals surface area (Å²) < 4.78 is 0. The molecule has 1 amide bonds. The first-order valence-corrected chi connectivity index (χ1v) is 6.40. The van der Waals surface area contributed by atoms with Crippen LogP contribution in [0.15, 0.2) is 41.5 Å². The van der Waals surface area contributed by atoms with Crippen molar-refractivity contribution in [3.8, 4) is 0 Å². The Kier molecular flexibility index (Phi) is 4.60. The van der Waals surface area contributed by atoms with Crippen LogP contribution in [-0.4, -0.2) is 17.0 Å². The van der Waals surface area contributed by atoms with Gasteiger partial charge in [0, 0.05) is 23.9 Å². The maximum atomic E-state index is 11.8. The van der Waals surface area contributed by atoms with E-state index in [0.717, 1.165) is 19.3 Å². The molecule has 20 heavy (non-hydrogen) atoms. The van der Waals surface area contributed by atoms with Crippen molar-refractivity contribution < 1.29 is 9.72 Å². The Hall–Kier alpha value is -2.50. The first kappa shape index (κ1) is 13.9. The second-order valence-electron chi connectivity index (χ2n) is 4.57. The van der Waals surface area contributed by atoms with Gasteiger partial charge >= 0.3 is 0 Å². The van der Waals surface area contributed by atoms with E-state index in [0.29, 0.717) is 11.5 Å². The van der Waals surface area contributed by atoms with E-state index in [1.54, 1.807) is 6.21 Å². The van der Waals surface area contributed by atoms with Crippen LogP contribution in [0.4, 0.5) is 5.69 Å². The lowest BCUT2D eigenvalue weighted by atomic mass is 9.96. The third-order valence-electron chi connectivity index (χ3n) is 3.10. The fourth-order valence-corrected chi connectivity index (χ4v) is 1.95. The standard InChI is InChI=1S/C14H15N3O3/c18-14(12-6-8-13(9-7-12)17(19)20)16-15-10-11-4-2-1-3-5-11/h1-2,6-11H,3-5H2,(H,16,18)/b15-10+. The quantitative estimate of drug-likeness (QED) is 0.396. The van der Waals surface area contributed by atoms with Gasteiger partial charge in [0.15, 0.2) is 0 Å². The summed E-state index contributed by atoms with van der Waals surface area (Å²) in [6.07, 6.45) is 9.00. The zero-order chi connectivity index (χ0) is 14.4. The van der Waals surface area contributed by atoms with Gasteiger partial charge in [0.05, 0.1) is 4.92 Å². The molecule has 0 radical (unpaired) electrons. The molecule has 1 aromatic rings. The maximum Gasteiger partial charge on any atom is 0.271 e. The minimum absolute atomic E-state index is 0.0426. The number of amides is 1. The highest BCUT2D eigenvalue weighted by Crippen LogP contribution is 2.15. The number of nitrogens with one attached hydrogen (secondary N) is 1. The zero-order valence-corrected chi connectivity index (χ0v) is 10.9. The van der Waals surface area contributed by atoms with Crippen LogP contribution in [0.5, 0.6) is 0 Å². The van der Waals surface area contributed by atoms with Crippen LogP contribution >= 0.6 is 0 Å². The van der Waals surface area contributed by atoms with Gasteiger partial charge in [-0.25, -0.2) is 5.43 Å². The molecule has 104 valence electrons. The van der Waals surface area contributed by atoms with E-state index in [-0.39, 0.29) is 11.6 Å². The lowest BCUT2D eigenvalue weighted by Crippen LogP contribution is -2.18. The van der Waals surface area contributed by atoms with Gasteiger partial charge in [-0.2, -0.15) is 5.10 Å². The van der Waals surface area contributed by atoms with Gasteiger partial charge in [-0.1, -0.05) is 12.2 Å². The van der Waals surface area contributed by atoms with E-state index in [1.165, 1.54) is 24.3 Å². The molecule has 1 atom stereocenters. The molecule has 0 fully saturated rings. The highest BCUT2D eigenvalue weighted by atomic mass is 16.6. The summed E-state index contributed by atoms with van der Waals surface area (Å²) in [6, 6.07) is 5.41. The van der Waals surface area contributed by atoms with Gasteiger partial charge in [0.25, 0.3) is 11.6 Å². The number of nitro benzene ring substituents is 1. The Balaban J connectivity index is 1.89. The number of hydrogen-bond donors (Lipinski definition) is 1. The average Bonchev–Trinajstić information content (AvgIpc) is 2.48. The van der Waals surface area contributed by atoms with Crippen molar-refractivity contribution in [2.75, 3.05) is 0 Å². The first-order chi connectivity index (χ1) is 9.66. The minimum Gasteiger partial charge on any atom is -0.267 e. The Bertz CT molecular complexity index is 549. The van der Waals surface area contributed by atoms with Gasteiger partial charge < -0.3 is 0 Å². The number of carbonyl (C=O) groups excluding carboxylic acids is 1. The van der Waals surface area contributed by atoms with Crippen molar-refractivity contribution in [3.63, 3.8) is 0 Å². The second kappa shape index (κ2) is 6.60. The monoisotopic (exact) mass is 273 g/mol. The SMILES string of the molecule is O=C(N/N=C/C1CC=CCC1)c1ccc([N+](=O)[O-])cc1. The van der Waals surface area contributed by atoms with Gasteiger partial charge in [-0.3, -0.25) is 14.9 Å². The molecule has 1 aliphatic rings. The summed E-state index contributed by atoms with van der Waals surface area (Å²) in [5.74, 6) is -0.0142. The van der Waals surface area contributed by atoms with Crippen LogP contribution in [0.3, 0.4) is 0 Å². The molecule has 6 nitrogen and oxygen atoms in total. The Morgan fingerprint density at radius 1 is 1.35 bits per heavy atom. The van der Waals surface area contributed by atoms with Gasteiger partial charge in [-0.15, -0.1) is 0 Å². The lowest BCUT2D eigenvalue weighted by Gasteiger charge is -2.11. The van der Waals surface area contributed by atoms with Gasteiger partial charge in [-0.05, 0) is 37.3 Å². The van der Waals surface area contributed by atoms with Gasteiger partial charge in [0.2, 0.25) is 0 Å². The van der Waals surface area contributed by atoms with Crippen LogP contribution in [0, 0.1) is 16.0 Å². The first-order valence-electron chi connectivity index (χ1n) is 6.40. The molecule has 0 saturated heterocycles. The summed E-state index contributed by atoms with van der Waals surface area (Å²) in [5, 5.41) is 14.4. The molecule has 1 aliphatic carbocycles. The molecular formula is C14H15N3O3. The fraction of sp³-hybridized carbons (Fsp3) is 0.286. The maximum absolute atomic E-state index is 11.8. The minimum atomic E-state index is -0.504. The van der Waals surface area contributed by atoms with Crippen LogP contribution in [0.1, 0.15) is 29.6 Å². The van der Waals surface area contributed by atoms with E-state index in [9.17, 15) is 14.9 Å². The van der Waals surface area contributed by atoms with E-state index in [1.807, 2.05) is 0 Å². The van der Waals surface area contributed by atoms with Crippen molar-refractivity contribution in [1.82, 2.24) is 5.43 Å². The molecule has 6 heteroatoms. The molecule has 0 saturated carbocycles. The Morgan fingerprint density at radius 2 is 2.10 bits per heavy atom. The number of rotatable bonds is 4. The van der Waals surface area contributed by atoms with Crippen molar-refractivity contribution in [1.29, 1.82) is 0 Å². The predicted octanol–water partition coefficient (Wildman–Crippen LogP) is 2.67. The number of hydrogen-bond acceptors (Lipinski definition) is 4. The van der Waals surface area contributed by atoms with Crippen molar-refractivity contribution in [2.24, 2.45) is 11.0 Å². The largest absolute Gasteiger partial charge is 0.271 e. The number of benzene rings is 1. The summed E-state index contributed by atoms with van der Waals surface area (Å²) in [6.45, 7) is 0. The van der Waals surface area contributed by atoms with Crippen LogP contribution < -0.4 is 5.43 Å². The van der Waals surface area contributed by atoms with E-state index < -0.39 is 4.92 Å². The number of non-ortho nitro benzene ring substituents is 1. The normalized spacial score (nSPS) is 18.1. The summed E-state index contributed by atoms with van der Waals surface area (Å²) in [7, 11) is 0. The third-order valence-corrected chi connectivity index (χ3v) is 3.10. The van der Waals surface area contributed by atoms with Crippen molar-refractivity contribution in [3.05, 3.63) is 52.1 Å². The van der Waals surface area contributed by atoms with Crippen molar-refractivity contribution >= 4 is 17.8 Å². The number of allylic oxidation sites excluding steroid dienone is 2. The summed E-state index contributed by atoms with van der Waals surface area (Å²) in [5.41, 5.74) is 2.73. The smallest absolute Gasteiger partial charge is 0.267 e. The average molecular weight is 273 g/mol. The molecular weight excluding hydrogens is 258 g/mol. The Labute approximate surface area is 116 Å². The van der Waals surface area contributed by atoms with Crippen LogP contribution in [0.25, 0.3) is 0 Å². The van der Waals surface area contributed by atoms with Crippen molar-refractivity contribution in [2.45, 2.75) is 19.3 Å². The molecule has 0 aliphatic heterocycles. The third kappa shape index (κ3) is 3.74. The topological polar surface area (TPSA) is 84.6 Å². The number of nitrogens with zero attached hydrogens (tertiary/aromatic N) is 2. The number of hydrazone groups is 1. The molecule has 1 N–H and O–H groups in total. The summed E-state index contributed by atoms with van der Waals surface area (Å²) in [4.78, 5) is 21.8. The Morgan fingerprint density at radius 3 is 2.70 bits per heavy atom. The second-order valence-corrected chi connectivity index (χ2v) is 4.57. The van der Waals surface area contributed by atoms with Gasteiger partial charge in [0.1, 0.15) is 0 Å². The molecule has 0 bridgehead atoms. The molecule has 0 heterocycles.